The molecule has 1 saturated heterocycles. The summed E-state index contributed by atoms with van der Waals surface area (Å²) in [6.45, 7) is 14.1. The van der Waals surface area contributed by atoms with Gasteiger partial charge in [0.2, 0.25) is 0 Å². The van der Waals surface area contributed by atoms with Crippen LogP contribution in [0.3, 0.4) is 0 Å². The lowest BCUT2D eigenvalue weighted by Gasteiger charge is -2.38. The van der Waals surface area contributed by atoms with Crippen LogP contribution in [0.25, 0.3) is 0 Å². The summed E-state index contributed by atoms with van der Waals surface area (Å²) in [7, 11) is 0. The number of hydrogen-bond donors (Lipinski definition) is 1. The molecule has 1 aliphatic heterocycles. The quantitative estimate of drug-likeness (QED) is 0.907. The second-order valence-electron chi connectivity index (χ2n) is 7.37. The van der Waals surface area contributed by atoms with Gasteiger partial charge in [0.05, 0.1) is 0 Å². The van der Waals surface area contributed by atoms with Crippen molar-refractivity contribution in [2.45, 2.75) is 40.2 Å². The SMILES string of the molecule is CC(CN1CCNC(Cc2ccccc2)C1)C(C)(C)C. The highest BCUT2D eigenvalue weighted by Gasteiger charge is 2.25. The molecule has 2 heteroatoms. The molecule has 0 aromatic heterocycles. The molecule has 0 bridgehead atoms. The molecule has 112 valence electrons. The predicted octanol–water partition coefficient (Wildman–Crippen LogP) is 3.19. The van der Waals surface area contributed by atoms with E-state index in [-0.39, 0.29) is 0 Å². The first kappa shape index (κ1) is 15.5. The van der Waals surface area contributed by atoms with Gasteiger partial charge in [0.15, 0.2) is 0 Å². The summed E-state index contributed by atoms with van der Waals surface area (Å²) in [5, 5.41) is 3.67. The van der Waals surface area contributed by atoms with E-state index in [1.165, 1.54) is 25.2 Å². The summed E-state index contributed by atoms with van der Waals surface area (Å²) in [6, 6.07) is 11.4. The Bertz CT molecular complexity index is 394. The minimum atomic E-state index is 0.403. The van der Waals surface area contributed by atoms with Crippen LogP contribution >= 0.6 is 0 Å². The van der Waals surface area contributed by atoms with Crippen molar-refractivity contribution in [3.05, 3.63) is 35.9 Å². The Morgan fingerprint density at radius 1 is 1.25 bits per heavy atom. The first-order chi connectivity index (χ1) is 9.45. The van der Waals surface area contributed by atoms with Gasteiger partial charge < -0.3 is 10.2 Å². The maximum absolute atomic E-state index is 3.67. The molecule has 2 unspecified atom stereocenters. The fraction of sp³-hybridized carbons (Fsp3) is 0.667. The Hall–Kier alpha value is -0.860. The topological polar surface area (TPSA) is 15.3 Å². The van der Waals surface area contributed by atoms with E-state index in [4.69, 9.17) is 0 Å². The average Bonchev–Trinajstić information content (AvgIpc) is 2.39. The van der Waals surface area contributed by atoms with E-state index < -0.39 is 0 Å². The highest BCUT2D eigenvalue weighted by Crippen LogP contribution is 2.26. The molecule has 1 heterocycles. The third kappa shape index (κ3) is 4.60. The highest BCUT2D eigenvalue weighted by atomic mass is 15.2. The van der Waals surface area contributed by atoms with Crippen molar-refractivity contribution in [2.75, 3.05) is 26.2 Å². The molecule has 2 nitrogen and oxygen atoms in total. The van der Waals surface area contributed by atoms with Crippen molar-refractivity contribution in [3.8, 4) is 0 Å². The van der Waals surface area contributed by atoms with Gasteiger partial charge in [-0.25, -0.2) is 0 Å². The third-order valence-electron chi connectivity index (χ3n) is 4.68. The normalized spacial score (nSPS) is 22.7. The number of nitrogens with zero attached hydrogens (tertiary/aromatic N) is 1. The van der Waals surface area contributed by atoms with Crippen LogP contribution in [0.4, 0.5) is 0 Å². The Morgan fingerprint density at radius 2 is 1.95 bits per heavy atom. The summed E-state index contributed by atoms with van der Waals surface area (Å²) in [5.41, 5.74) is 1.84. The van der Waals surface area contributed by atoms with Crippen molar-refractivity contribution >= 4 is 0 Å². The van der Waals surface area contributed by atoms with Crippen LogP contribution < -0.4 is 5.32 Å². The zero-order chi connectivity index (χ0) is 14.6. The van der Waals surface area contributed by atoms with Crippen molar-refractivity contribution in [3.63, 3.8) is 0 Å². The van der Waals surface area contributed by atoms with Gasteiger partial charge in [-0.05, 0) is 23.3 Å². The largest absolute Gasteiger partial charge is 0.311 e. The van der Waals surface area contributed by atoms with Gasteiger partial charge in [-0.1, -0.05) is 58.0 Å². The lowest BCUT2D eigenvalue weighted by molar-refractivity contribution is 0.130. The molecule has 0 saturated carbocycles. The molecule has 1 N–H and O–H groups in total. The first-order valence-corrected chi connectivity index (χ1v) is 7.95. The molecule has 2 atom stereocenters. The van der Waals surface area contributed by atoms with E-state index in [9.17, 15) is 0 Å². The van der Waals surface area contributed by atoms with E-state index in [0.717, 1.165) is 18.9 Å². The number of hydrogen-bond acceptors (Lipinski definition) is 2. The highest BCUT2D eigenvalue weighted by molar-refractivity contribution is 5.16. The zero-order valence-electron chi connectivity index (χ0n) is 13.5. The van der Waals surface area contributed by atoms with Crippen molar-refractivity contribution < 1.29 is 0 Å². The Balaban J connectivity index is 1.86. The first-order valence-electron chi connectivity index (χ1n) is 7.95. The van der Waals surface area contributed by atoms with Crippen LogP contribution in [0.5, 0.6) is 0 Å². The van der Waals surface area contributed by atoms with Gasteiger partial charge in [0.25, 0.3) is 0 Å². The van der Waals surface area contributed by atoms with Gasteiger partial charge in [-0.15, -0.1) is 0 Å². The molecular weight excluding hydrogens is 244 g/mol. The van der Waals surface area contributed by atoms with Crippen molar-refractivity contribution in [1.82, 2.24) is 10.2 Å². The van der Waals surface area contributed by atoms with E-state index in [2.05, 4.69) is 68.2 Å². The molecule has 2 rings (SSSR count). The average molecular weight is 274 g/mol. The van der Waals surface area contributed by atoms with Crippen LogP contribution in [0.15, 0.2) is 30.3 Å². The standard InChI is InChI=1S/C18H30N2/c1-15(18(2,3)4)13-20-11-10-19-17(14-20)12-16-8-6-5-7-9-16/h5-9,15,17,19H,10-14H2,1-4H3. The van der Waals surface area contributed by atoms with Crippen LogP contribution in [0.2, 0.25) is 0 Å². The van der Waals surface area contributed by atoms with Gasteiger partial charge in [0.1, 0.15) is 0 Å². The Morgan fingerprint density at radius 3 is 2.60 bits per heavy atom. The Kier molecular flexibility index (Phi) is 5.22. The Labute approximate surface area is 124 Å². The van der Waals surface area contributed by atoms with Crippen molar-refractivity contribution in [1.29, 1.82) is 0 Å². The molecule has 1 aliphatic rings. The molecule has 1 fully saturated rings. The summed E-state index contributed by atoms with van der Waals surface area (Å²) in [5.74, 6) is 0.734. The summed E-state index contributed by atoms with van der Waals surface area (Å²) in [4.78, 5) is 2.64. The fourth-order valence-electron chi connectivity index (χ4n) is 2.76. The number of piperazine rings is 1. The maximum Gasteiger partial charge on any atom is 0.0235 e. The second-order valence-corrected chi connectivity index (χ2v) is 7.37. The fourth-order valence-corrected chi connectivity index (χ4v) is 2.76. The lowest BCUT2D eigenvalue weighted by atomic mass is 9.81. The van der Waals surface area contributed by atoms with Crippen LogP contribution in [0, 0.1) is 11.3 Å². The van der Waals surface area contributed by atoms with Crippen molar-refractivity contribution in [2.24, 2.45) is 11.3 Å². The molecule has 0 amide bonds. The van der Waals surface area contributed by atoms with Crippen LogP contribution in [-0.2, 0) is 6.42 Å². The molecule has 20 heavy (non-hydrogen) atoms. The van der Waals surface area contributed by atoms with Gasteiger partial charge in [0, 0.05) is 32.2 Å². The lowest BCUT2D eigenvalue weighted by Crippen LogP contribution is -2.53. The van der Waals surface area contributed by atoms with Gasteiger partial charge in [-0.3, -0.25) is 0 Å². The predicted molar refractivity (Wildman–Crippen MR) is 87.0 cm³/mol. The molecule has 0 radical (unpaired) electrons. The number of rotatable bonds is 4. The zero-order valence-corrected chi connectivity index (χ0v) is 13.5. The minimum absolute atomic E-state index is 0.403. The molecule has 0 spiro atoms. The summed E-state index contributed by atoms with van der Waals surface area (Å²) in [6.07, 6.45) is 1.14. The monoisotopic (exact) mass is 274 g/mol. The molecule has 1 aromatic carbocycles. The number of benzene rings is 1. The second kappa shape index (κ2) is 6.73. The summed E-state index contributed by atoms with van der Waals surface area (Å²) >= 11 is 0. The smallest absolute Gasteiger partial charge is 0.0235 e. The number of nitrogens with one attached hydrogen (secondary N) is 1. The third-order valence-corrected chi connectivity index (χ3v) is 4.68. The molecule has 1 aromatic rings. The van der Waals surface area contributed by atoms with E-state index in [0.29, 0.717) is 11.5 Å². The van der Waals surface area contributed by atoms with E-state index in [1.54, 1.807) is 0 Å². The van der Waals surface area contributed by atoms with Gasteiger partial charge in [-0.2, -0.15) is 0 Å². The summed E-state index contributed by atoms with van der Waals surface area (Å²) < 4.78 is 0. The maximum atomic E-state index is 3.67. The van der Waals surface area contributed by atoms with Crippen LogP contribution in [0.1, 0.15) is 33.3 Å². The van der Waals surface area contributed by atoms with E-state index >= 15 is 0 Å². The molecule has 0 aliphatic carbocycles. The van der Waals surface area contributed by atoms with E-state index in [1.807, 2.05) is 0 Å². The van der Waals surface area contributed by atoms with Gasteiger partial charge >= 0.3 is 0 Å². The van der Waals surface area contributed by atoms with Crippen LogP contribution in [-0.4, -0.2) is 37.1 Å². The minimum Gasteiger partial charge on any atom is -0.311 e. The molecular formula is C18H30N2.